The summed E-state index contributed by atoms with van der Waals surface area (Å²) in [6.45, 7) is 2.69. The highest BCUT2D eigenvalue weighted by Crippen LogP contribution is 2.16. The Labute approximate surface area is 111 Å². The molecule has 0 saturated carbocycles. The summed E-state index contributed by atoms with van der Waals surface area (Å²) in [5.74, 6) is 1.80. The molecule has 1 atom stereocenters. The lowest BCUT2D eigenvalue weighted by Crippen LogP contribution is -2.15. The summed E-state index contributed by atoms with van der Waals surface area (Å²) in [5.41, 5.74) is 6.21. The van der Waals surface area contributed by atoms with Crippen LogP contribution in [0.5, 0.6) is 5.88 Å². The van der Waals surface area contributed by atoms with Crippen molar-refractivity contribution in [2.24, 2.45) is 11.7 Å². The van der Waals surface area contributed by atoms with Crippen LogP contribution < -0.4 is 10.5 Å². The Hall–Kier alpha value is -2.02. The molecule has 2 aromatic heterocycles. The summed E-state index contributed by atoms with van der Waals surface area (Å²) in [5, 5.41) is 11.7. The molecular weight excluding hydrogens is 246 g/mol. The van der Waals surface area contributed by atoms with E-state index >= 15 is 0 Å². The van der Waals surface area contributed by atoms with Gasteiger partial charge in [0.25, 0.3) is 0 Å². The number of nitrogens with zero attached hydrogens (tertiary/aromatic N) is 4. The second-order valence-corrected chi connectivity index (χ2v) is 4.19. The zero-order valence-corrected chi connectivity index (χ0v) is 11.0. The van der Waals surface area contributed by atoms with Gasteiger partial charge in [-0.15, -0.1) is 10.2 Å². The molecule has 0 fully saturated rings. The first-order valence-electron chi connectivity index (χ1n) is 6.17. The second-order valence-electron chi connectivity index (χ2n) is 4.19. The predicted octanol–water partition coefficient (Wildman–Crippen LogP) is 1.06. The van der Waals surface area contributed by atoms with E-state index in [-0.39, 0.29) is 0 Å². The standard InChI is InChI=1S/C12H17N5O2/c1-3-8(7-13)6-11-14-12(17-19-11)9-4-5-10(18-2)16-15-9/h4-5,8H,3,6-7,13H2,1-2H3. The van der Waals surface area contributed by atoms with Crippen LogP contribution in [0, 0.1) is 5.92 Å². The van der Waals surface area contributed by atoms with Gasteiger partial charge in [-0.3, -0.25) is 0 Å². The van der Waals surface area contributed by atoms with Crippen LogP contribution >= 0.6 is 0 Å². The largest absolute Gasteiger partial charge is 0.480 e. The van der Waals surface area contributed by atoms with E-state index in [0.29, 0.717) is 42.2 Å². The number of nitrogens with two attached hydrogens (primary N) is 1. The zero-order valence-electron chi connectivity index (χ0n) is 11.0. The van der Waals surface area contributed by atoms with Crippen molar-refractivity contribution >= 4 is 0 Å². The van der Waals surface area contributed by atoms with Gasteiger partial charge >= 0.3 is 0 Å². The second kappa shape index (κ2) is 6.24. The molecule has 2 N–H and O–H groups in total. The van der Waals surface area contributed by atoms with Crippen molar-refractivity contribution in [3.63, 3.8) is 0 Å². The molecule has 0 amide bonds. The molecule has 0 radical (unpaired) electrons. The summed E-state index contributed by atoms with van der Waals surface area (Å²) in [4.78, 5) is 4.30. The molecule has 0 aliphatic carbocycles. The van der Waals surface area contributed by atoms with E-state index in [1.165, 1.54) is 7.11 Å². The molecule has 2 aromatic rings. The summed E-state index contributed by atoms with van der Waals surface area (Å²) in [6.07, 6.45) is 1.67. The van der Waals surface area contributed by atoms with Crippen molar-refractivity contribution in [3.8, 4) is 17.4 Å². The van der Waals surface area contributed by atoms with Crippen molar-refractivity contribution in [2.45, 2.75) is 19.8 Å². The van der Waals surface area contributed by atoms with E-state index in [2.05, 4.69) is 27.3 Å². The third kappa shape index (κ3) is 3.25. The Balaban J connectivity index is 2.11. The first kappa shape index (κ1) is 13.4. The fourth-order valence-corrected chi connectivity index (χ4v) is 1.63. The summed E-state index contributed by atoms with van der Waals surface area (Å²) in [6, 6.07) is 3.44. The maximum Gasteiger partial charge on any atom is 0.233 e. The van der Waals surface area contributed by atoms with Crippen molar-refractivity contribution in [2.75, 3.05) is 13.7 Å². The van der Waals surface area contributed by atoms with Crippen LogP contribution in [-0.4, -0.2) is 34.0 Å². The van der Waals surface area contributed by atoms with E-state index in [4.69, 9.17) is 15.0 Å². The molecule has 0 spiro atoms. The lowest BCUT2D eigenvalue weighted by atomic mass is 10.0. The van der Waals surface area contributed by atoms with E-state index in [0.717, 1.165) is 6.42 Å². The number of ether oxygens (including phenoxy) is 1. The molecule has 19 heavy (non-hydrogen) atoms. The average Bonchev–Trinajstić information content (AvgIpc) is 2.93. The number of hydrogen-bond acceptors (Lipinski definition) is 7. The highest BCUT2D eigenvalue weighted by Gasteiger charge is 2.14. The minimum absolute atomic E-state index is 0.357. The number of hydrogen-bond donors (Lipinski definition) is 1. The highest BCUT2D eigenvalue weighted by atomic mass is 16.5. The van der Waals surface area contributed by atoms with Gasteiger partial charge < -0.3 is 15.0 Å². The minimum Gasteiger partial charge on any atom is -0.480 e. The molecule has 0 aliphatic rings. The summed E-state index contributed by atoms with van der Waals surface area (Å²) >= 11 is 0. The number of methoxy groups -OCH3 is 1. The van der Waals surface area contributed by atoms with Crippen LogP contribution in [0.2, 0.25) is 0 Å². The first-order chi connectivity index (χ1) is 9.26. The monoisotopic (exact) mass is 263 g/mol. The van der Waals surface area contributed by atoms with Crippen molar-refractivity contribution in [1.82, 2.24) is 20.3 Å². The predicted molar refractivity (Wildman–Crippen MR) is 68.4 cm³/mol. The van der Waals surface area contributed by atoms with E-state index in [1.54, 1.807) is 12.1 Å². The quantitative estimate of drug-likeness (QED) is 0.831. The maximum absolute atomic E-state index is 5.65. The molecule has 7 nitrogen and oxygen atoms in total. The van der Waals surface area contributed by atoms with Gasteiger partial charge in [0.1, 0.15) is 5.69 Å². The van der Waals surface area contributed by atoms with Gasteiger partial charge in [-0.25, -0.2) is 0 Å². The molecule has 102 valence electrons. The molecule has 0 saturated heterocycles. The first-order valence-corrected chi connectivity index (χ1v) is 6.17. The van der Waals surface area contributed by atoms with Gasteiger partial charge in [-0.1, -0.05) is 18.5 Å². The Kier molecular flexibility index (Phi) is 4.40. The third-order valence-electron chi connectivity index (χ3n) is 2.92. The maximum atomic E-state index is 5.65. The van der Waals surface area contributed by atoms with Gasteiger partial charge in [-0.2, -0.15) is 4.98 Å². The van der Waals surface area contributed by atoms with Crippen molar-refractivity contribution in [1.29, 1.82) is 0 Å². The van der Waals surface area contributed by atoms with E-state index < -0.39 is 0 Å². The topological polar surface area (TPSA) is 100.0 Å². The van der Waals surface area contributed by atoms with Gasteiger partial charge in [-0.05, 0) is 18.5 Å². The third-order valence-corrected chi connectivity index (χ3v) is 2.92. The SMILES string of the molecule is CCC(CN)Cc1nc(-c2ccc(OC)nn2)no1. The molecule has 2 heterocycles. The lowest BCUT2D eigenvalue weighted by molar-refractivity contribution is 0.350. The number of aromatic nitrogens is 4. The van der Waals surface area contributed by atoms with Crippen molar-refractivity contribution in [3.05, 3.63) is 18.0 Å². The van der Waals surface area contributed by atoms with Gasteiger partial charge in [0.15, 0.2) is 0 Å². The van der Waals surface area contributed by atoms with Crippen LogP contribution in [0.3, 0.4) is 0 Å². The number of rotatable bonds is 6. The molecule has 0 aliphatic heterocycles. The van der Waals surface area contributed by atoms with Crippen LogP contribution in [0.15, 0.2) is 16.7 Å². The Morgan fingerprint density at radius 3 is 2.79 bits per heavy atom. The average molecular weight is 263 g/mol. The molecule has 0 bridgehead atoms. The molecular formula is C12H17N5O2. The van der Waals surface area contributed by atoms with Crippen LogP contribution in [0.4, 0.5) is 0 Å². The lowest BCUT2D eigenvalue weighted by Gasteiger charge is -2.07. The van der Waals surface area contributed by atoms with Crippen LogP contribution in [0.25, 0.3) is 11.5 Å². The zero-order chi connectivity index (χ0) is 13.7. The Bertz CT molecular complexity index is 507. The molecule has 7 heteroatoms. The van der Waals surface area contributed by atoms with E-state index in [9.17, 15) is 0 Å². The highest BCUT2D eigenvalue weighted by molar-refractivity contribution is 5.47. The molecule has 0 aromatic carbocycles. The minimum atomic E-state index is 0.357. The smallest absolute Gasteiger partial charge is 0.233 e. The fourth-order valence-electron chi connectivity index (χ4n) is 1.63. The normalized spacial score (nSPS) is 12.4. The fraction of sp³-hybridized carbons (Fsp3) is 0.500. The van der Waals surface area contributed by atoms with Crippen LogP contribution in [-0.2, 0) is 6.42 Å². The van der Waals surface area contributed by atoms with Gasteiger partial charge in [0.05, 0.1) is 7.11 Å². The Morgan fingerprint density at radius 1 is 1.37 bits per heavy atom. The van der Waals surface area contributed by atoms with Gasteiger partial charge in [0, 0.05) is 12.5 Å². The van der Waals surface area contributed by atoms with Crippen LogP contribution in [0.1, 0.15) is 19.2 Å². The molecule has 1 unspecified atom stereocenters. The van der Waals surface area contributed by atoms with Gasteiger partial charge in [0.2, 0.25) is 17.6 Å². The summed E-state index contributed by atoms with van der Waals surface area (Å²) in [7, 11) is 1.54. The summed E-state index contributed by atoms with van der Waals surface area (Å²) < 4.78 is 10.1. The Morgan fingerprint density at radius 2 is 2.21 bits per heavy atom. The van der Waals surface area contributed by atoms with E-state index in [1.807, 2.05) is 0 Å². The van der Waals surface area contributed by atoms with Crippen molar-refractivity contribution < 1.29 is 9.26 Å². The molecule has 2 rings (SSSR count).